The Kier molecular flexibility index (Phi) is 5.97. The molecular weight excluding hydrogens is 414 g/mol. The molecule has 1 saturated heterocycles. The molecular formula is C27H33N3O3. The van der Waals surface area contributed by atoms with Crippen LogP contribution < -0.4 is 11.1 Å². The third-order valence-corrected chi connectivity index (χ3v) is 8.03. The maximum atomic E-state index is 13.4. The van der Waals surface area contributed by atoms with Gasteiger partial charge in [-0.15, -0.1) is 0 Å². The number of amides is 2. The maximum absolute atomic E-state index is 13.4. The molecule has 2 amide bonds. The third kappa shape index (κ3) is 4.30. The fourth-order valence-corrected chi connectivity index (χ4v) is 5.98. The Morgan fingerprint density at radius 2 is 1.64 bits per heavy atom. The van der Waals surface area contributed by atoms with Crippen LogP contribution in [0.2, 0.25) is 0 Å². The summed E-state index contributed by atoms with van der Waals surface area (Å²) in [6.45, 7) is 2.91. The smallest absolute Gasteiger partial charge is 0.257 e. The molecule has 2 aliphatic carbocycles. The predicted octanol–water partition coefficient (Wildman–Crippen LogP) is 2.45. The van der Waals surface area contributed by atoms with E-state index < -0.39 is 11.5 Å². The van der Waals surface area contributed by atoms with E-state index in [2.05, 4.69) is 10.2 Å². The zero-order valence-corrected chi connectivity index (χ0v) is 19.0. The fourth-order valence-electron chi connectivity index (χ4n) is 5.98. The van der Waals surface area contributed by atoms with Crippen LogP contribution in [0.25, 0.3) is 0 Å². The molecule has 4 atom stereocenters. The van der Waals surface area contributed by atoms with Crippen molar-refractivity contribution in [3.8, 4) is 0 Å². The minimum absolute atomic E-state index is 0.0176. The lowest BCUT2D eigenvalue weighted by Crippen LogP contribution is -2.51. The summed E-state index contributed by atoms with van der Waals surface area (Å²) in [4.78, 5) is 27.1. The summed E-state index contributed by atoms with van der Waals surface area (Å²) in [6, 6.07) is 17.1. The largest absolute Gasteiger partial charge is 0.375 e. The Morgan fingerprint density at radius 1 is 1.00 bits per heavy atom. The van der Waals surface area contributed by atoms with E-state index in [4.69, 9.17) is 5.73 Å². The molecule has 4 N–H and O–H groups in total. The van der Waals surface area contributed by atoms with Gasteiger partial charge in [0.05, 0.1) is 0 Å². The van der Waals surface area contributed by atoms with Crippen molar-refractivity contribution >= 4 is 11.8 Å². The number of primary amides is 1. The van der Waals surface area contributed by atoms with Crippen LogP contribution in [0.15, 0.2) is 54.6 Å². The number of nitrogens with one attached hydrogen (secondary N) is 1. The van der Waals surface area contributed by atoms with Gasteiger partial charge in [0, 0.05) is 37.2 Å². The summed E-state index contributed by atoms with van der Waals surface area (Å²) in [6.07, 6.45) is 4.85. The minimum Gasteiger partial charge on any atom is -0.375 e. The van der Waals surface area contributed by atoms with Gasteiger partial charge in [-0.2, -0.15) is 0 Å². The van der Waals surface area contributed by atoms with Crippen LogP contribution in [0.5, 0.6) is 0 Å². The van der Waals surface area contributed by atoms with Gasteiger partial charge in [-0.1, -0.05) is 55.3 Å². The van der Waals surface area contributed by atoms with Crippen molar-refractivity contribution in [2.45, 2.75) is 43.7 Å². The summed E-state index contributed by atoms with van der Waals surface area (Å²) in [7, 11) is 0. The van der Waals surface area contributed by atoms with E-state index in [0.29, 0.717) is 23.0 Å². The first-order valence-corrected chi connectivity index (χ1v) is 12.2. The molecule has 33 heavy (non-hydrogen) atoms. The number of hydrogen-bond donors (Lipinski definition) is 3. The van der Waals surface area contributed by atoms with Crippen molar-refractivity contribution in [1.29, 1.82) is 0 Å². The highest BCUT2D eigenvalue weighted by Gasteiger charge is 2.58. The molecule has 3 aliphatic rings. The molecule has 0 aromatic heterocycles. The lowest BCUT2D eigenvalue weighted by atomic mass is 9.79. The van der Waals surface area contributed by atoms with Crippen LogP contribution in [0, 0.1) is 17.8 Å². The highest BCUT2D eigenvalue weighted by atomic mass is 16.3. The number of aliphatic hydroxyl groups is 1. The molecule has 1 heterocycles. The zero-order chi connectivity index (χ0) is 23.0. The van der Waals surface area contributed by atoms with Crippen LogP contribution in [-0.2, 0) is 16.8 Å². The SMILES string of the molecule is NC(=O)c1ccc(CCN2CC3C(NC(=O)C(O)(c4ccccc4)C4CCCC4)[C@H]3C2)cc1. The van der Waals surface area contributed by atoms with Gasteiger partial charge in [-0.3, -0.25) is 9.59 Å². The van der Waals surface area contributed by atoms with E-state index in [1.165, 1.54) is 5.56 Å². The molecule has 174 valence electrons. The van der Waals surface area contributed by atoms with Gasteiger partial charge >= 0.3 is 0 Å². The molecule has 6 nitrogen and oxygen atoms in total. The number of fused-ring (bicyclic) bond motifs is 1. The average Bonchev–Trinajstić information content (AvgIpc) is 3.25. The lowest BCUT2D eigenvalue weighted by Gasteiger charge is -2.33. The van der Waals surface area contributed by atoms with Crippen molar-refractivity contribution in [3.05, 3.63) is 71.3 Å². The number of benzene rings is 2. The minimum atomic E-state index is -1.44. The average molecular weight is 448 g/mol. The van der Waals surface area contributed by atoms with E-state index in [1.54, 1.807) is 12.1 Å². The molecule has 0 spiro atoms. The topological polar surface area (TPSA) is 95.7 Å². The normalized spacial score (nSPS) is 26.5. The van der Waals surface area contributed by atoms with E-state index in [9.17, 15) is 14.7 Å². The van der Waals surface area contributed by atoms with Crippen LogP contribution in [-0.4, -0.2) is 47.5 Å². The molecule has 1 aliphatic heterocycles. The second kappa shape index (κ2) is 8.92. The summed E-state index contributed by atoms with van der Waals surface area (Å²) in [5.74, 6) is 0.294. The Hall–Kier alpha value is -2.70. The van der Waals surface area contributed by atoms with Crippen LogP contribution in [0.4, 0.5) is 0 Å². The number of carbonyl (C=O) groups is 2. The zero-order valence-electron chi connectivity index (χ0n) is 19.0. The Bertz CT molecular complexity index is 991. The molecule has 3 fully saturated rings. The summed E-state index contributed by atoms with van der Waals surface area (Å²) < 4.78 is 0. The first-order valence-electron chi connectivity index (χ1n) is 12.2. The molecule has 0 bridgehead atoms. The van der Waals surface area contributed by atoms with Gasteiger partial charge in [-0.25, -0.2) is 0 Å². The third-order valence-electron chi connectivity index (χ3n) is 8.03. The van der Waals surface area contributed by atoms with Gasteiger partial charge in [0.2, 0.25) is 5.91 Å². The number of piperidine rings is 1. The quantitative estimate of drug-likeness (QED) is 0.579. The molecule has 2 aromatic rings. The highest BCUT2D eigenvalue weighted by molar-refractivity contribution is 5.92. The van der Waals surface area contributed by atoms with Crippen molar-refractivity contribution < 1.29 is 14.7 Å². The number of nitrogens with two attached hydrogens (primary N) is 1. The van der Waals surface area contributed by atoms with Gasteiger partial charge in [-0.05, 0) is 54.4 Å². The number of nitrogens with zero attached hydrogens (tertiary/aromatic N) is 1. The van der Waals surface area contributed by atoms with Crippen LogP contribution >= 0.6 is 0 Å². The lowest BCUT2D eigenvalue weighted by molar-refractivity contribution is -0.147. The van der Waals surface area contributed by atoms with Crippen molar-refractivity contribution in [2.24, 2.45) is 23.5 Å². The second-order valence-corrected chi connectivity index (χ2v) is 10.0. The standard InChI is InChI=1S/C27H33N3O3/c28-25(31)19-12-10-18(11-13-19)14-15-30-16-22-23(17-30)24(22)29-26(32)27(33,21-8-4-5-9-21)20-6-2-1-3-7-20/h1-3,6-7,10-13,21-24,33H,4-5,8-9,14-17H2,(H2,28,31)(H,29,32)/t22-,23?,24?,27?/m0/s1. The van der Waals surface area contributed by atoms with Gasteiger partial charge in [0.1, 0.15) is 0 Å². The first-order chi connectivity index (χ1) is 16.0. The Morgan fingerprint density at radius 3 is 2.24 bits per heavy atom. The molecule has 2 aromatic carbocycles. The molecule has 2 saturated carbocycles. The summed E-state index contributed by atoms with van der Waals surface area (Å²) in [5, 5.41) is 14.9. The van der Waals surface area contributed by atoms with E-state index in [-0.39, 0.29) is 17.9 Å². The fraction of sp³-hybridized carbons (Fsp3) is 0.481. The second-order valence-electron chi connectivity index (χ2n) is 10.0. The summed E-state index contributed by atoms with van der Waals surface area (Å²) >= 11 is 0. The van der Waals surface area contributed by atoms with Crippen molar-refractivity contribution in [1.82, 2.24) is 10.2 Å². The highest BCUT2D eigenvalue weighted by Crippen LogP contribution is 2.47. The van der Waals surface area contributed by atoms with Crippen molar-refractivity contribution in [2.75, 3.05) is 19.6 Å². The number of rotatable bonds is 8. The molecule has 0 radical (unpaired) electrons. The number of hydrogen-bond acceptors (Lipinski definition) is 4. The monoisotopic (exact) mass is 447 g/mol. The van der Waals surface area contributed by atoms with E-state index in [1.807, 2.05) is 42.5 Å². The van der Waals surface area contributed by atoms with E-state index >= 15 is 0 Å². The van der Waals surface area contributed by atoms with Crippen LogP contribution in [0.1, 0.15) is 47.2 Å². The van der Waals surface area contributed by atoms with Crippen molar-refractivity contribution in [3.63, 3.8) is 0 Å². The number of likely N-dealkylation sites (tertiary alicyclic amines) is 1. The van der Waals surface area contributed by atoms with Gasteiger partial charge in [0.25, 0.3) is 5.91 Å². The van der Waals surface area contributed by atoms with E-state index in [0.717, 1.165) is 51.7 Å². The van der Waals surface area contributed by atoms with Gasteiger partial charge in [0.15, 0.2) is 5.60 Å². The number of carbonyl (C=O) groups excluding carboxylic acids is 2. The van der Waals surface area contributed by atoms with Gasteiger partial charge < -0.3 is 21.1 Å². The predicted molar refractivity (Wildman–Crippen MR) is 126 cm³/mol. The molecule has 5 rings (SSSR count). The molecule has 6 heteroatoms. The maximum Gasteiger partial charge on any atom is 0.257 e. The van der Waals surface area contributed by atoms with Crippen LogP contribution in [0.3, 0.4) is 0 Å². The first kappa shape index (κ1) is 22.1. The Labute approximate surface area is 195 Å². The molecule has 3 unspecified atom stereocenters. The summed E-state index contributed by atoms with van der Waals surface area (Å²) in [5.41, 5.74) is 6.31. The Balaban J connectivity index is 1.15.